The van der Waals surface area contributed by atoms with E-state index in [1.54, 1.807) is 25.1 Å². The van der Waals surface area contributed by atoms with E-state index in [1.165, 1.54) is 5.57 Å². The first-order chi connectivity index (χ1) is 9.11. The van der Waals surface area contributed by atoms with Gasteiger partial charge in [0.1, 0.15) is 0 Å². The molecule has 100 valence electrons. The molecule has 1 aliphatic rings. The third-order valence-electron chi connectivity index (χ3n) is 3.74. The lowest BCUT2D eigenvalue weighted by molar-refractivity contribution is 0.488. The minimum absolute atomic E-state index is 0.327. The number of hydrogen-bond donors (Lipinski definition) is 0. The Balaban J connectivity index is 2.08. The van der Waals surface area contributed by atoms with Crippen molar-refractivity contribution in [1.82, 2.24) is 0 Å². The van der Waals surface area contributed by atoms with E-state index >= 15 is 0 Å². The zero-order chi connectivity index (χ0) is 13.8. The Bertz CT molecular complexity index is 539. The van der Waals surface area contributed by atoms with Crippen LogP contribution in [0, 0.1) is 24.5 Å². The monoisotopic (exact) mass is 260 g/mol. The quantitative estimate of drug-likeness (QED) is 0.642. The third-order valence-corrected chi connectivity index (χ3v) is 3.74. The Hall–Kier alpha value is -1.66. The minimum Gasteiger partial charge on any atom is -0.203 e. The van der Waals surface area contributed by atoms with Crippen LogP contribution in [-0.2, 0) is 0 Å². The van der Waals surface area contributed by atoms with Crippen LogP contribution in [-0.4, -0.2) is 0 Å². The predicted molar refractivity (Wildman–Crippen MR) is 74.7 cm³/mol. The summed E-state index contributed by atoms with van der Waals surface area (Å²) in [5.41, 5.74) is 4.90. The molecule has 0 bridgehead atoms. The first-order valence-electron chi connectivity index (χ1n) is 6.62. The molecular weight excluding hydrogens is 242 g/mol. The van der Waals surface area contributed by atoms with Gasteiger partial charge < -0.3 is 0 Å². The largest absolute Gasteiger partial charge is 0.203 e. The van der Waals surface area contributed by atoms with E-state index in [0.29, 0.717) is 17.0 Å². The maximum absolute atomic E-state index is 13.7. The second-order valence-electron chi connectivity index (χ2n) is 5.08. The summed E-state index contributed by atoms with van der Waals surface area (Å²) in [6, 6.07) is 3.24. The third kappa shape index (κ3) is 3.21. The highest BCUT2D eigenvalue weighted by Gasteiger charge is 2.14. The number of aryl methyl sites for hydroxylation is 1. The van der Waals surface area contributed by atoms with E-state index in [1.807, 2.05) is 6.08 Å². The van der Waals surface area contributed by atoms with E-state index < -0.39 is 11.6 Å². The summed E-state index contributed by atoms with van der Waals surface area (Å²) in [4.78, 5) is 0. The van der Waals surface area contributed by atoms with Crippen LogP contribution in [0.4, 0.5) is 8.78 Å². The molecule has 0 nitrogen and oxygen atoms in total. The van der Waals surface area contributed by atoms with E-state index in [0.717, 1.165) is 25.7 Å². The SMILES string of the molecule is C=C=C1CCC(/C=C/c2ccc(C)c(F)c2F)CC1. The van der Waals surface area contributed by atoms with Crippen molar-refractivity contribution in [2.45, 2.75) is 32.6 Å². The lowest BCUT2D eigenvalue weighted by atomic mass is 9.86. The Morgan fingerprint density at radius 2 is 1.89 bits per heavy atom. The molecule has 1 aliphatic carbocycles. The van der Waals surface area contributed by atoms with Crippen LogP contribution in [0.1, 0.15) is 36.8 Å². The summed E-state index contributed by atoms with van der Waals surface area (Å²) < 4.78 is 27.1. The van der Waals surface area contributed by atoms with Crippen LogP contribution in [0.3, 0.4) is 0 Å². The molecule has 0 heterocycles. The smallest absolute Gasteiger partial charge is 0.166 e. The molecule has 0 amide bonds. The van der Waals surface area contributed by atoms with Crippen molar-refractivity contribution < 1.29 is 8.78 Å². The summed E-state index contributed by atoms with van der Waals surface area (Å²) in [5, 5.41) is 0. The topological polar surface area (TPSA) is 0 Å². The molecule has 0 N–H and O–H groups in total. The molecule has 0 saturated heterocycles. The van der Waals surface area contributed by atoms with Gasteiger partial charge in [-0.1, -0.05) is 30.9 Å². The number of halogens is 2. The zero-order valence-electron chi connectivity index (χ0n) is 11.2. The Labute approximate surface area is 113 Å². The lowest BCUT2D eigenvalue weighted by Crippen LogP contribution is -2.04. The number of benzene rings is 1. The van der Waals surface area contributed by atoms with Gasteiger partial charge >= 0.3 is 0 Å². The van der Waals surface area contributed by atoms with E-state index in [-0.39, 0.29) is 0 Å². The van der Waals surface area contributed by atoms with Gasteiger partial charge in [0.2, 0.25) is 0 Å². The lowest BCUT2D eigenvalue weighted by Gasteiger charge is -2.19. The van der Waals surface area contributed by atoms with Crippen LogP contribution in [0.2, 0.25) is 0 Å². The van der Waals surface area contributed by atoms with Crippen molar-refractivity contribution in [3.05, 3.63) is 58.9 Å². The van der Waals surface area contributed by atoms with Gasteiger partial charge in [-0.25, -0.2) is 8.78 Å². The normalized spacial score (nSPS) is 19.7. The molecule has 0 radical (unpaired) electrons. The van der Waals surface area contributed by atoms with Crippen LogP contribution in [0.25, 0.3) is 6.08 Å². The first-order valence-corrected chi connectivity index (χ1v) is 6.62. The van der Waals surface area contributed by atoms with Crippen LogP contribution in [0.15, 0.2) is 36.1 Å². The molecule has 2 rings (SSSR count). The highest BCUT2D eigenvalue weighted by Crippen LogP contribution is 2.29. The molecule has 1 saturated carbocycles. The molecule has 0 unspecified atom stereocenters. The van der Waals surface area contributed by atoms with Gasteiger partial charge in [0.25, 0.3) is 0 Å². The molecule has 0 spiro atoms. The fourth-order valence-corrected chi connectivity index (χ4v) is 2.39. The fourth-order valence-electron chi connectivity index (χ4n) is 2.39. The average molecular weight is 260 g/mol. The van der Waals surface area contributed by atoms with Gasteiger partial charge in [0.15, 0.2) is 11.6 Å². The van der Waals surface area contributed by atoms with Gasteiger partial charge in [-0.05, 0) is 49.7 Å². The Morgan fingerprint density at radius 1 is 1.21 bits per heavy atom. The highest BCUT2D eigenvalue weighted by molar-refractivity contribution is 5.51. The van der Waals surface area contributed by atoms with Crippen LogP contribution in [0.5, 0.6) is 0 Å². The van der Waals surface area contributed by atoms with Crippen molar-refractivity contribution in [3.63, 3.8) is 0 Å². The van der Waals surface area contributed by atoms with Crippen molar-refractivity contribution >= 4 is 6.08 Å². The Morgan fingerprint density at radius 3 is 2.53 bits per heavy atom. The van der Waals surface area contributed by atoms with E-state index in [4.69, 9.17) is 0 Å². The average Bonchev–Trinajstić information content (AvgIpc) is 2.45. The molecule has 2 heteroatoms. The van der Waals surface area contributed by atoms with Crippen molar-refractivity contribution in [2.24, 2.45) is 5.92 Å². The van der Waals surface area contributed by atoms with Gasteiger partial charge in [-0.3, -0.25) is 0 Å². The number of rotatable bonds is 2. The molecule has 1 aromatic carbocycles. The molecule has 0 aromatic heterocycles. The summed E-state index contributed by atoms with van der Waals surface area (Å²) in [5.74, 6) is -1.07. The molecular formula is C17H18F2. The van der Waals surface area contributed by atoms with Gasteiger partial charge in [-0.2, -0.15) is 0 Å². The summed E-state index contributed by atoms with van der Waals surface area (Å²) in [6.45, 7) is 5.23. The summed E-state index contributed by atoms with van der Waals surface area (Å²) in [6.07, 6.45) is 7.76. The van der Waals surface area contributed by atoms with Gasteiger partial charge in [0, 0.05) is 5.56 Å². The summed E-state index contributed by atoms with van der Waals surface area (Å²) >= 11 is 0. The van der Waals surface area contributed by atoms with Crippen LogP contribution >= 0.6 is 0 Å². The van der Waals surface area contributed by atoms with E-state index in [9.17, 15) is 8.78 Å². The highest BCUT2D eigenvalue weighted by atomic mass is 19.2. The predicted octanol–water partition coefficient (Wildman–Crippen LogP) is 5.19. The fraction of sp³-hybridized carbons (Fsp3) is 0.353. The van der Waals surface area contributed by atoms with E-state index in [2.05, 4.69) is 12.3 Å². The minimum atomic E-state index is -0.751. The second kappa shape index (κ2) is 5.99. The molecule has 0 aliphatic heterocycles. The second-order valence-corrected chi connectivity index (χ2v) is 5.08. The molecule has 1 aromatic rings. The Kier molecular flexibility index (Phi) is 4.34. The zero-order valence-corrected chi connectivity index (χ0v) is 11.2. The van der Waals surface area contributed by atoms with Crippen molar-refractivity contribution in [1.29, 1.82) is 0 Å². The standard InChI is InChI=1S/C17H18F2/c1-3-13-5-7-14(8-6-13)9-11-15-10-4-12(2)16(18)17(15)19/h4,9-11,14H,1,5-8H2,2H3/b11-9+. The summed E-state index contributed by atoms with van der Waals surface area (Å²) in [7, 11) is 0. The molecule has 0 atom stereocenters. The van der Waals surface area contributed by atoms with Crippen LogP contribution < -0.4 is 0 Å². The number of hydrogen-bond acceptors (Lipinski definition) is 0. The molecule has 19 heavy (non-hydrogen) atoms. The van der Waals surface area contributed by atoms with Gasteiger partial charge in [0.05, 0.1) is 0 Å². The van der Waals surface area contributed by atoms with Crippen molar-refractivity contribution in [2.75, 3.05) is 0 Å². The first kappa shape index (κ1) is 13.8. The number of allylic oxidation sites excluding steroid dienone is 2. The van der Waals surface area contributed by atoms with Gasteiger partial charge in [-0.15, -0.1) is 5.73 Å². The maximum Gasteiger partial charge on any atom is 0.166 e. The van der Waals surface area contributed by atoms with Crippen molar-refractivity contribution in [3.8, 4) is 0 Å². The molecule has 1 fully saturated rings. The maximum atomic E-state index is 13.7.